The predicted molar refractivity (Wildman–Crippen MR) is 85.4 cm³/mol. The number of halogens is 1. The van der Waals surface area contributed by atoms with Gasteiger partial charge in [0, 0.05) is 22.3 Å². The monoisotopic (exact) mass is 335 g/mol. The molecule has 0 saturated heterocycles. The number of aromatic hydroxyl groups is 2. The van der Waals surface area contributed by atoms with Crippen LogP contribution in [0.3, 0.4) is 0 Å². The molecule has 0 spiro atoms. The summed E-state index contributed by atoms with van der Waals surface area (Å²) in [6.07, 6.45) is 0. The Labute approximate surface area is 127 Å². The van der Waals surface area contributed by atoms with Crippen molar-refractivity contribution in [1.82, 2.24) is 0 Å². The minimum atomic E-state index is -0.0217. The van der Waals surface area contributed by atoms with E-state index in [0.29, 0.717) is 0 Å². The van der Waals surface area contributed by atoms with Crippen LogP contribution in [0.25, 0.3) is 0 Å². The highest BCUT2D eigenvalue weighted by atomic mass is 79.9. The maximum atomic E-state index is 9.56. The quantitative estimate of drug-likeness (QED) is 0.765. The Hall–Kier alpha value is -1.68. The first-order valence-electron chi connectivity index (χ1n) is 6.43. The number of hydrogen-bond acceptors (Lipinski definition) is 3. The minimum absolute atomic E-state index is 0.0217. The fourth-order valence-electron chi connectivity index (χ4n) is 2.31. The second-order valence-electron chi connectivity index (χ2n) is 5.06. The Morgan fingerprint density at radius 1 is 0.950 bits per heavy atom. The molecule has 2 rings (SSSR count). The van der Waals surface area contributed by atoms with Crippen molar-refractivity contribution >= 4 is 21.6 Å². The first kappa shape index (κ1) is 14.7. The van der Waals surface area contributed by atoms with Crippen LogP contribution in [0, 0.1) is 13.8 Å². The van der Waals surface area contributed by atoms with E-state index in [0.717, 1.165) is 26.9 Å². The van der Waals surface area contributed by atoms with Crippen LogP contribution < -0.4 is 5.32 Å². The molecule has 0 amide bonds. The third kappa shape index (κ3) is 3.25. The summed E-state index contributed by atoms with van der Waals surface area (Å²) in [6.45, 7) is 6.09. The molecule has 1 unspecified atom stereocenters. The molecule has 2 aromatic carbocycles. The topological polar surface area (TPSA) is 52.5 Å². The SMILES string of the molecule is Cc1cc(Br)cc(C)c1NC(C)c1cc(O)cc(O)c1. The lowest BCUT2D eigenvalue weighted by atomic mass is 10.0. The average Bonchev–Trinajstić information content (AvgIpc) is 2.32. The van der Waals surface area contributed by atoms with Crippen molar-refractivity contribution in [3.63, 3.8) is 0 Å². The minimum Gasteiger partial charge on any atom is -0.508 e. The number of phenolic OH excluding ortho intramolecular Hbond substituents is 2. The van der Waals surface area contributed by atoms with Gasteiger partial charge in [0.1, 0.15) is 11.5 Å². The van der Waals surface area contributed by atoms with Crippen molar-refractivity contribution in [2.24, 2.45) is 0 Å². The third-order valence-corrected chi connectivity index (χ3v) is 3.74. The molecule has 20 heavy (non-hydrogen) atoms. The van der Waals surface area contributed by atoms with Gasteiger partial charge in [-0.25, -0.2) is 0 Å². The fourth-order valence-corrected chi connectivity index (χ4v) is 2.99. The smallest absolute Gasteiger partial charge is 0.119 e. The average molecular weight is 336 g/mol. The van der Waals surface area contributed by atoms with Gasteiger partial charge < -0.3 is 15.5 Å². The number of benzene rings is 2. The van der Waals surface area contributed by atoms with Gasteiger partial charge >= 0.3 is 0 Å². The number of hydrogen-bond donors (Lipinski definition) is 3. The summed E-state index contributed by atoms with van der Waals surface area (Å²) >= 11 is 3.48. The number of rotatable bonds is 3. The molecule has 4 heteroatoms. The summed E-state index contributed by atoms with van der Waals surface area (Å²) in [5, 5.41) is 22.6. The molecule has 0 aliphatic carbocycles. The maximum Gasteiger partial charge on any atom is 0.119 e. The van der Waals surface area contributed by atoms with Gasteiger partial charge in [-0.3, -0.25) is 0 Å². The van der Waals surface area contributed by atoms with E-state index in [-0.39, 0.29) is 17.5 Å². The Balaban J connectivity index is 2.30. The van der Waals surface area contributed by atoms with Gasteiger partial charge in [0.25, 0.3) is 0 Å². The molecule has 0 radical (unpaired) electrons. The molecule has 2 aromatic rings. The predicted octanol–water partition coefficient (Wildman–Crippen LogP) is 4.65. The van der Waals surface area contributed by atoms with E-state index >= 15 is 0 Å². The van der Waals surface area contributed by atoms with E-state index in [1.165, 1.54) is 6.07 Å². The van der Waals surface area contributed by atoms with Crippen LogP contribution in [-0.2, 0) is 0 Å². The van der Waals surface area contributed by atoms with Crippen LogP contribution >= 0.6 is 15.9 Å². The molecule has 0 fully saturated rings. The van der Waals surface area contributed by atoms with E-state index in [9.17, 15) is 10.2 Å². The van der Waals surface area contributed by atoms with Crippen LogP contribution in [-0.4, -0.2) is 10.2 Å². The lowest BCUT2D eigenvalue weighted by Gasteiger charge is -2.20. The zero-order valence-corrected chi connectivity index (χ0v) is 13.3. The molecular weight excluding hydrogens is 318 g/mol. The van der Waals surface area contributed by atoms with E-state index in [2.05, 4.69) is 33.4 Å². The molecule has 0 heterocycles. The lowest BCUT2D eigenvalue weighted by molar-refractivity contribution is 0.448. The zero-order chi connectivity index (χ0) is 14.9. The van der Waals surface area contributed by atoms with Crippen molar-refractivity contribution < 1.29 is 10.2 Å². The van der Waals surface area contributed by atoms with Gasteiger partial charge in [-0.1, -0.05) is 15.9 Å². The van der Waals surface area contributed by atoms with Gasteiger partial charge in [-0.05, 0) is 61.7 Å². The van der Waals surface area contributed by atoms with E-state index in [1.54, 1.807) is 12.1 Å². The number of phenols is 2. The first-order chi connectivity index (χ1) is 9.36. The molecule has 0 bridgehead atoms. The van der Waals surface area contributed by atoms with Crippen LogP contribution in [0.2, 0.25) is 0 Å². The van der Waals surface area contributed by atoms with Gasteiger partial charge in [-0.2, -0.15) is 0 Å². The van der Waals surface area contributed by atoms with Gasteiger partial charge in [0.2, 0.25) is 0 Å². The normalized spacial score (nSPS) is 12.2. The summed E-state index contributed by atoms with van der Waals surface area (Å²) in [7, 11) is 0. The second kappa shape index (κ2) is 5.75. The standard InChI is InChI=1S/C16H18BrNO2/c1-9-4-13(17)5-10(2)16(9)18-11(3)12-6-14(19)8-15(20)7-12/h4-8,11,18-20H,1-3H3. The van der Waals surface area contributed by atoms with E-state index in [4.69, 9.17) is 0 Å². The molecule has 1 atom stereocenters. The van der Waals surface area contributed by atoms with Crippen molar-refractivity contribution in [1.29, 1.82) is 0 Å². The summed E-state index contributed by atoms with van der Waals surface area (Å²) in [5.41, 5.74) is 4.20. The van der Waals surface area contributed by atoms with Gasteiger partial charge in [0.05, 0.1) is 0 Å². The van der Waals surface area contributed by atoms with Crippen LogP contribution in [0.4, 0.5) is 5.69 Å². The summed E-state index contributed by atoms with van der Waals surface area (Å²) in [4.78, 5) is 0. The van der Waals surface area contributed by atoms with Gasteiger partial charge in [-0.15, -0.1) is 0 Å². The van der Waals surface area contributed by atoms with Gasteiger partial charge in [0.15, 0.2) is 0 Å². The summed E-state index contributed by atoms with van der Waals surface area (Å²) < 4.78 is 1.06. The van der Waals surface area contributed by atoms with E-state index < -0.39 is 0 Å². The van der Waals surface area contributed by atoms with Crippen molar-refractivity contribution in [2.75, 3.05) is 5.32 Å². The van der Waals surface area contributed by atoms with Crippen LogP contribution in [0.15, 0.2) is 34.8 Å². The number of nitrogens with one attached hydrogen (secondary N) is 1. The molecule has 3 nitrogen and oxygen atoms in total. The number of anilines is 1. The third-order valence-electron chi connectivity index (χ3n) is 3.28. The van der Waals surface area contributed by atoms with E-state index in [1.807, 2.05) is 20.8 Å². The molecular formula is C16H18BrNO2. The molecule has 0 saturated carbocycles. The Kier molecular flexibility index (Phi) is 4.23. The zero-order valence-electron chi connectivity index (χ0n) is 11.7. The summed E-state index contributed by atoms with van der Waals surface area (Å²) in [5.74, 6) is 0.135. The largest absolute Gasteiger partial charge is 0.508 e. The fraction of sp³-hybridized carbons (Fsp3) is 0.250. The van der Waals surface area contributed by atoms with Crippen molar-refractivity contribution in [3.05, 3.63) is 51.5 Å². The molecule has 3 N–H and O–H groups in total. The Morgan fingerprint density at radius 3 is 1.95 bits per heavy atom. The molecule has 106 valence electrons. The second-order valence-corrected chi connectivity index (χ2v) is 5.98. The highest BCUT2D eigenvalue weighted by Gasteiger charge is 2.11. The van der Waals surface area contributed by atoms with Crippen LogP contribution in [0.5, 0.6) is 11.5 Å². The highest BCUT2D eigenvalue weighted by Crippen LogP contribution is 2.31. The Morgan fingerprint density at radius 2 is 1.45 bits per heavy atom. The molecule has 0 aromatic heterocycles. The van der Waals surface area contributed by atoms with Crippen molar-refractivity contribution in [2.45, 2.75) is 26.8 Å². The number of aryl methyl sites for hydroxylation is 2. The molecule has 0 aliphatic heterocycles. The summed E-state index contributed by atoms with van der Waals surface area (Å²) in [6, 6.07) is 8.73. The highest BCUT2D eigenvalue weighted by molar-refractivity contribution is 9.10. The maximum absolute atomic E-state index is 9.56. The van der Waals surface area contributed by atoms with Crippen molar-refractivity contribution in [3.8, 4) is 11.5 Å². The Bertz CT molecular complexity index is 597. The lowest BCUT2D eigenvalue weighted by Crippen LogP contribution is -2.09. The first-order valence-corrected chi connectivity index (χ1v) is 7.22. The molecule has 0 aliphatic rings. The van der Waals surface area contributed by atoms with Crippen LogP contribution in [0.1, 0.15) is 29.7 Å².